The van der Waals surface area contributed by atoms with Gasteiger partial charge in [-0.3, -0.25) is 10.4 Å². The van der Waals surface area contributed by atoms with Crippen molar-refractivity contribution in [2.75, 3.05) is 13.2 Å². The molecule has 59 heavy (non-hydrogen) atoms. The molecule has 0 saturated carbocycles. The lowest BCUT2D eigenvalue weighted by atomic mass is 9.80. The third kappa shape index (κ3) is 8.18. The van der Waals surface area contributed by atoms with Gasteiger partial charge in [0, 0.05) is 35.9 Å². The second kappa shape index (κ2) is 16.5. The number of rotatable bonds is 14. The van der Waals surface area contributed by atoms with Crippen LogP contribution in [-0.4, -0.2) is 136 Å². The smallest absolute Gasteiger partial charge is 0.336 e. The van der Waals surface area contributed by atoms with Crippen molar-refractivity contribution in [3.63, 3.8) is 0 Å². The molecule has 1 fully saturated rings. The highest BCUT2D eigenvalue weighted by Gasteiger charge is 2.59. The van der Waals surface area contributed by atoms with Crippen LogP contribution in [0.3, 0.4) is 0 Å². The van der Waals surface area contributed by atoms with Gasteiger partial charge in [-0.05, 0) is 40.9 Å². The molecule has 4 aliphatic rings. The molecule has 1 unspecified atom stereocenters. The number of hydrogen-bond donors (Lipinski definition) is 11. The molecule has 3 aromatic rings. The summed E-state index contributed by atoms with van der Waals surface area (Å²) in [6.07, 6.45) is -9.12. The van der Waals surface area contributed by atoms with E-state index >= 15 is 0 Å². The van der Waals surface area contributed by atoms with Crippen molar-refractivity contribution in [3.05, 3.63) is 89.5 Å². The first-order chi connectivity index (χ1) is 28.2. The van der Waals surface area contributed by atoms with Gasteiger partial charge >= 0.3 is 11.8 Å². The van der Waals surface area contributed by atoms with Crippen LogP contribution >= 0.6 is 0 Å². The lowest BCUT2D eigenvalue weighted by molar-refractivity contribution is -0.303. The Hall–Kier alpha value is -6.39. The summed E-state index contributed by atoms with van der Waals surface area (Å²) in [6.45, 7) is -0.559. The van der Waals surface area contributed by atoms with E-state index in [4.69, 9.17) is 29.1 Å². The van der Waals surface area contributed by atoms with Crippen molar-refractivity contribution < 1.29 is 85.0 Å². The molecule has 3 aromatic carbocycles. The largest absolute Gasteiger partial charge is 0.508 e. The molecule has 0 amide bonds. The quantitative estimate of drug-likeness (QED) is 0.0868. The average Bonchev–Trinajstić information content (AvgIpc) is 3.89. The maximum Gasteiger partial charge on any atom is 0.336 e. The molecule has 0 spiro atoms. The molecule has 4 heterocycles. The molecule has 0 radical (unpaired) electrons. The summed E-state index contributed by atoms with van der Waals surface area (Å²) in [5.41, 5.74) is -2.11. The van der Waals surface area contributed by atoms with Crippen molar-refractivity contribution in [1.82, 2.24) is 0 Å². The van der Waals surface area contributed by atoms with Gasteiger partial charge in [-0.1, -0.05) is 24.3 Å². The van der Waals surface area contributed by atoms with Crippen LogP contribution in [0.25, 0.3) is 5.76 Å². The molecule has 0 aromatic heterocycles. The SMILES string of the molecule is [NH2+]=C1C=CC([C@@H](O)[C@H](CO)Oc2ccc(C3C=C(O)c4c(cc(O[C@@H]5O[C@H](C(=O)O)[C@](O)(CC6=NC=NC6)[C@@H](O)[C@H]5O)c(O[C@H](O)c5cccc(O)c5)c4O)O3)cc2)=N1. The van der Waals surface area contributed by atoms with E-state index in [-0.39, 0.29) is 52.2 Å². The highest BCUT2D eigenvalue weighted by molar-refractivity contribution is 6.15. The Labute approximate surface area is 333 Å². The number of nitrogens with two attached hydrogens (primary N) is 1. The highest BCUT2D eigenvalue weighted by atomic mass is 16.7. The molecule has 20 nitrogen and oxygen atoms in total. The number of nitrogens with zero attached hydrogens (tertiary/aromatic N) is 3. The van der Waals surface area contributed by atoms with Gasteiger partial charge in [0.1, 0.15) is 58.8 Å². The maximum atomic E-state index is 12.4. The minimum absolute atomic E-state index is 0.00269. The number of phenolic OH excluding ortho intramolecular Hbond substituents is 2. The fourth-order valence-corrected chi connectivity index (χ4v) is 6.79. The normalized spacial score (nSPS) is 26.2. The Morgan fingerprint density at radius 3 is 2.44 bits per heavy atom. The summed E-state index contributed by atoms with van der Waals surface area (Å²) >= 11 is 0. The Morgan fingerprint density at radius 1 is 1.03 bits per heavy atom. The third-order valence-electron chi connectivity index (χ3n) is 9.79. The fraction of sp³-hybridized carbons (Fsp3) is 0.308. The topological polar surface area (TPSA) is 328 Å². The van der Waals surface area contributed by atoms with Gasteiger partial charge in [-0.25, -0.2) is 9.79 Å². The molecule has 310 valence electrons. The summed E-state index contributed by atoms with van der Waals surface area (Å²) in [7, 11) is 0. The molecule has 0 bridgehead atoms. The molecular formula is C39H39N4O16+. The van der Waals surface area contributed by atoms with E-state index in [9.17, 15) is 55.9 Å². The molecule has 12 N–H and O–H groups in total. The Morgan fingerprint density at radius 2 is 1.80 bits per heavy atom. The van der Waals surface area contributed by atoms with Gasteiger partial charge in [-0.15, -0.1) is 0 Å². The monoisotopic (exact) mass is 819 g/mol. The lowest BCUT2D eigenvalue weighted by Gasteiger charge is -2.46. The second-order valence-corrected chi connectivity index (χ2v) is 13.8. The van der Waals surface area contributed by atoms with Gasteiger partial charge in [0.2, 0.25) is 18.3 Å². The fourth-order valence-electron chi connectivity index (χ4n) is 6.79. The van der Waals surface area contributed by atoms with Crippen molar-refractivity contribution in [2.24, 2.45) is 15.0 Å². The van der Waals surface area contributed by atoms with Crippen LogP contribution in [0.2, 0.25) is 0 Å². The van der Waals surface area contributed by atoms with Crippen LogP contribution in [0.4, 0.5) is 0 Å². The average molecular weight is 820 g/mol. The molecule has 1 saturated heterocycles. The van der Waals surface area contributed by atoms with Gasteiger partial charge in [0.25, 0.3) is 0 Å². The molecule has 7 rings (SSSR count). The standard InChI is InChI=1S/C39H38N4O16/c40-28-9-8-22(43-28)30(47)27(15-44)55-21-6-4-17(5-7-21)24-11-23(46)29-25(56-24)12-26(33(31(29)48)58-37(53)18-2-1-3-20(45)10-18)57-38-32(49)34(50)39(54,35(59-38)36(51)52)13-19-14-41-16-42-19/h1-12,16,24,27,30,32,34-35,37-38,40,44-50,53-54H,13-15H2,(H,51,52)/p+1/t24?,27-,30+,32+,34-,35+,37-,38+,39-/m0/s1. The van der Waals surface area contributed by atoms with Gasteiger partial charge in [0.05, 0.1) is 13.2 Å². The summed E-state index contributed by atoms with van der Waals surface area (Å²) in [5.74, 6) is -4.43. The number of fused-ring (bicyclic) bond motifs is 1. The number of aliphatic carboxylic acids is 1. The summed E-state index contributed by atoms with van der Waals surface area (Å²) in [4.78, 5) is 24.2. The van der Waals surface area contributed by atoms with Crippen LogP contribution in [0, 0.1) is 0 Å². The predicted octanol–water partition coefficient (Wildman–Crippen LogP) is -1.02. The van der Waals surface area contributed by atoms with Crippen molar-refractivity contribution in [2.45, 2.75) is 61.2 Å². The number of phenols is 2. The number of aliphatic hydroxyl groups is 7. The van der Waals surface area contributed by atoms with Crippen LogP contribution in [0.1, 0.15) is 35.5 Å². The summed E-state index contributed by atoms with van der Waals surface area (Å²) < 4.78 is 29.0. The number of aliphatic hydroxyl groups excluding tert-OH is 6. The van der Waals surface area contributed by atoms with Crippen molar-refractivity contribution in [1.29, 1.82) is 0 Å². The predicted molar refractivity (Wildman–Crippen MR) is 203 cm³/mol. The Bertz CT molecular complexity index is 2280. The Kier molecular flexibility index (Phi) is 11.4. The lowest BCUT2D eigenvalue weighted by Crippen LogP contribution is -2.69. The van der Waals surface area contributed by atoms with Crippen LogP contribution in [0.15, 0.2) is 87.8 Å². The Balaban J connectivity index is 1.18. The molecule has 9 atom stereocenters. The minimum atomic E-state index is -2.61. The number of benzene rings is 3. The summed E-state index contributed by atoms with van der Waals surface area (Å²) in [6, 6.07) is 12.5. The van der Waals surface area contributed by atoms with Crippen molar-refractivity contribution in [3.8, 4) is 34.5 Å². The zero-order chi connectivity index (χ0) is 42.2. The van der Waals surface area contributed by atoms with Crippen LogP contribution in [0.5, 0.6) is 34.5 Å². The van der Waals surface area contributed by atoms with E-state index in [0.29, 0.717) is 5.56 Å². The number of ether oxygens (including phenoxy) is 5. The second-order valence-electron chi connectivity index (χ2n) is 13.8. The first-order valence-electron chi connectivity index (χ1n) is 17.9. The number of aliphatic imine (C=N–C) groups is 3. The maximum absolute atomic E-state index is 12.4. The van der Waals surface area contributed by atoms with E-state index in [1.54, 1.807) is 12.1 Å². The minimum Gasteiger partial charge on any atom is -0.508 e. The summed E-state index contributed by atoms with van der Waals surface area (Å²) in [5, 5.41) is 114. The van der Waals surface area contributed by atoms with E-state index in [0.717, 1.165) is 12.1 Å². The molecule has 4 aliphatic heterocycles. The molecule has 0 aliphatic carbocycles. The molecular weight excluding hydrogens is 780 g/mol. The van der Waals surface area contributed by atoms with Gasteiger partial charge < -0.3 is 74.7 Å². The number of carboxylic acid groups (broad SMARTS) is 1. The number of carbonyl (C=O) groups is 1. The number of hydrogen-bond acceptors (Lipinski definition) is 17. The zero-order valence-corrected chi connectivity index (χ0v) is 30.6. The van der Waals surface area contributed by atoms with Crippen molar-refractivity contribution >= 4 is 35.3 Å². The van der Waals surface area contributed by atoms with E-state index in [1.807, 2.05) is 0 Å². The van der Waals surface area contributed by atoms with E-state index < -0.39 is 96.8 Å². The number of amidine groups is 1. The number of aromatic hydroxyl groups is 2. The van der Waals surface area contributed by atoms with Crippen LogP contribution < -0.4 is 24.4 Å². The van der Waals surface area contributed by atoms with Gasteiger partial charge in [0.15, 0.2) is 35.5 Å². The van der Waals surface area contributed by atoms with E-state index in [1.165, 1.54) is 54.9 Å². The third-order valence-corrected chi connectivity index (χ3v) is 9.79. The van der Waals surface area contributed by atoms with Crippen LogP contribution in [-0.2, 0) is 9.53 Å². The first kappa shape index (κ1) is 40.8. The molecule has 20 heteroatoms. The zero-order valence-electron chi connectivity index (χ0n) is 30.6. The highest BCUT2D eigenvalue weighted by Crippen LogP contribution is 2.52. The number of carboxylic acids is 1. The van der Waals surface area contributed by atoms with E-state index in [2.05, 4.69) is 15.0 Å². The first-order valence-corrected chi connectivity index (χ1v) is 17.9. The van der Waals surface area contributed by atoms with Gasteiger partial charge in [-0.2, -0.15) is 0 Å².